The molecular weight excluding hydrogens is 327 g/mol. The maximum atomic E-state index is 10.9. The van der Waals surface area contributed by atoms with Gasteiger partial charge in [-0.05, 0) is 34.9 Å². The summed E-state index contributed by atoms with van der Waals surface area (Å²) in [4.78, 5) is 10.9. The molecule has 4 heteroatoms. The van der Waals surface area contributed by atoms with Crippen LogP contribution in [0.3, 0.4) is 0 Å². The molecule has 0 bridgehead atoms. The Morgan fingerprint density at radius 1 is 1.50 bits per heavy atom. The minimum absolute atomic E-state index is 0.795. The summed E-state index contributed by atoms with van der Waals surface area (Å²) in [5, 5.41) is 1.11. The van der Waals surface area contributed by atoms with Crippen LogP contribution in [-0.2, 0) is 0 Å². The number of hydrogen-bond donors (Lipinski definition) is 0. The van der Waals surface area contributed by atoms with Crippen molar-refractivity contribution in [2.24, 2.45) is 0 Å². The summed E-state index contributed by atoms with van der Waals surface area (Å²) in [5.41, 5.74) is 0.795. The zero-order valence-corrected chi connectivity index (χ0v) is 11.2. The maximum Gasteiger partial charge on any atom is 0.150 e. The van der Waals surface area contributed by atoms with E-state index in [1.807, 2.05) is 12.1 Å². The van der Waals surface area contributed by atoms with E-state index >= 15 is 0 Å². The van der Waals surface area contributed by atoms with E-state index in [4.69, 9.17) is 0 Å². The summed E-state index contributed by atoms with van der Waals surface area (Å²) in [6.07, 6.45) is 2.99. The predicted molar refractivity (Wildman–Crippen MR) is 71.7 cm³/mol. The number of benzene rings is 1. The summed E-state index contributed by atoms with van der Waals surface area (Å²) >= 11 is 5.80. The molecule has 0 aliphatic carbocycles. The predicted octanol–water partition coefficient (Wildman–Crippen LogP) is 4.04. The molecule has 1 heterocycles. The largest absolute Gasteiger partial charge is 0.298 e. The number of fused-ring (bicyclic) bond motifs is 1. The first-order valence-corrected chi connectivity index (χ1v) is 7.10. The van der Waals surface area contributed by atoms with Gasteiger partial charge in [-0.15, -0.1) is 23.1 Å². The van der Waals surface area contributed by atoms with Crippen LogP contribution in [0.2, 0.25) is 0 Å². The Kier molecular flexibility index (Phi) is 3.14. The fraction of sp³-hybridized carbons (Fsp3) is 0.100. The molecule has 14 heavy (non-hydrogen) atoms. The summed E-state index contributed by atoms with van der Waals surface area (Å²) in [6.45, 7) is 0. The molecule has 1 nitrogen and oxygen atoms in total. The van der Waals surface area contributed by atoms with E-state index in [9.17, 15) is 4.79 Å². The van der Waals surface area contributed by atoms with Gasteiger partial charge in [-0.3, -0.25) is 4.79 Å². The molecule has 0 aliphatic heterocycles. The van der Waals surface area contributed by atoms with Gasteiger partial charge in [0.05, 0.1) is 4.21 Å². The third kappa shape index (κ3) is 1.59. The van der Waals surface area contributed by atoms with Crippen LogP contribution in [0.5, 0.6) is 0 Å². The van der Waals surface area contributed by atoms with Crippen molar-refractivity contribution in [2.75, 3.05) is 6.26 Å². The number of halogens is 1. The molecule has 0 aliphatic rings. The minimum Gasteiger partial charge on any atom is -0.298 e. The Hall–Kier alpha value is -0.0700. The first-order chi connectivity index (χ1) is 6.77. The van der Waals surface area contributed by atoms with Crippen molar-refractivity contribution < 1.29 is 4.79 Å². The van der Waals surface area contributed by atoms with Crippen LogP contribution in [0.4, 0.5) is 0 Å². The number of carbonyl (C=O) groups is 1. The van der Waals surface area contributed by atoms with Gasteiger partial charge in [0.2, 0.25) is 0 Å². The van der Waals surface area contributed by atoms with Crippen LogP contribution in [0.15, 0.2) is 22.4 Å². The lowest BCUT2D eigenvalue weighted by molar-refractivity contribution is 0.112. The van der Waals surface area contributed by atoms with Crippen LogP contribution >= 0.6 is 45.7 Å². The van der Waals surface area contributed by atoms with E-state index in [1.165, 1.54) is 12.5 Å². The molecule has 0 saturated heterocycles. The SMILES string of the molecule is CSc1sc2cccc(C=O)c2c1I. The van der Waals surface area contributed by atoms with Gasteiger partial charge in [0.15, 0.2) is 6.29 Å². The summed E-state index contributed by atoms with van der Waals surface area (Å²) in [7, 11) is 0. The summed E-state index contributed by atoms with van der Waals surface area (Å²) in [6, 6.07) is 5.87. The van der Waals surface area contributed by atoms with E-state index in [-0.39, 0.29) is 0 Å². The second-order valence-electron chi connectivity index (χ2n) is 2.75. The first kappa shape index (κ1) is 10.4. The van der Waals surface area contributed by atoms with Gasteiger partial charge in [-0.2, -0.15) is 0 Å². The minimum atomic E-state index is 0.795. The standard InChI is InChI=1S/C10H7IOS2/c1-13-10-9(11)8-6(5-12)3-2-4-7(8)14-10/h2-5H,1H3. The van der Waals surface area contributed by atoms with Crippen molar-refractivity contribution >= 4 is 62.1 Å². The summed E-state index contributed by atoms with van der Waals surface area (Å²) < 4.78 is 3.69. The topological polar surface area (TPSA) is 17.1 Å². The number of rotatable bonds is 2. The Bertz CT molecular complexity index is 490. The molecule has 0 N–H and O–H groups in total. The highest BCUT2D eigenvalue weighted by Crippen LogP contribution is 2.38. The molecule has 0 atom stereocenters. The second kappa shape index (κ2) is 4.20. The monoisotopic (exact) mass is 334 g/mol. The van der Waals surface area contributed by atoms with Gasteiger partial charge in [-0.25, -0.2) is 0 Å². The van der Waals surface area contributed by atoms with Gasteiger partial charge in [-0.1, -0.05) is 12.1 Å². The average molecular weight is 334 g/mol. The average Bonchev–Trinajstić information content (AvgIpc) is 2.55. The normalized spacial score (nSPS) is 10.7. The number of thioether (sulfide) groups is 1. The highest BCUT2D eigenvalue weighted by atomic mass is 127. The van der Waals surface area contributed by atoms with E-state index in [0.717, 1.165) is 17.2 Å². The van der Waals surface area contributed by atoms with Crippen molar-refractivity contribution in [3.63, 3.8) is 0 Å². The van der Waals surface area contributed by atoms with E-state index in [1.54, 1.807) is 23.1 Å². The molecule has 0 amide bonds. The smallest absolute Gasteiger partial charge is 0.150 e. The molecule has 0 saturated carbocycles. The van der Waals surface area contributed by atoms with Crippen LogP contribution in [0, 0.1) is 3.57 Å². The molecule has 2 aromatic rings. The van der Waals surface area contributed by atoms with Gasteiger partial charge >= 0.3 is 0 Å². The van der Waals surface area contributed by atoms with Crippen molar-refractivity contribution in [1.29, 1.82) is 0 Å². The summed E-state index contributed by atoms with van der Waals surface area (Å²) in [5.74, 6) is 0. The number of thiophene rings is 1. The fourth-order valence-electron chi connectivity index (χ4n) is 1.34. The van der Waals surface area contributed by atoms with Crippen LogP contribution in [0.1, 0.15) is 10.4 Å². The van der Waals surface area contributed by atoms with E-state index in [0.29, 0.717) is 0 Å². The molecule has 1 aromatic heterocycles. The Morgan fingerprint density at radius 3 is 2.93 bits per heavy atom. The second-order valence-corrected chi connectivity index (χ2v) is 5.95. The van der Waals surface area contributed by atoms with Crippen LogP contribution < -0.4 is 0 Å². The zero-order valence-electron chi connectivity index (χ0n) is 7.41. The molecule has 2 rings (SSSR count). The Morgan fingerprint density at radius 2 is 2.29 bits per heavy atom. The third-order valence-corrected chi connectivity index (χ3v) is 6.06. The van der Waals surface area contributed by atoms with Crippen LogP contribution in [-0.4, -0.2) is 12.5 Å². The Balaban J connectivity index is 2.85. The Labute approximate surface area is 104 Å². The van der Waals surface area contributed by atoms with Crippen LogP contribution in [0.25, 0.3) is 10.1 Å². The van der Waals surface area contributed by atoms with E-state index < -0.39 is 0 Å². The lowest BCUT2D eigenvalue weighted by Crippen LogP contribution is -1.81. The molecule has 1 aromatic carbocycles. The number of carbonyl (C=O) groups excluding carboxylic acids is 1. The molecular formula is C10H7IOS2. The molecule has 0 fully saturated rings. The zero-order chi connectivity index (χ0) is 10.1. The van der Waals surface area contributed by atoms with Crippen molar-refractivity contribution in [3.05, 3.63) is 27.3 Å². The van der Waals surface area contributed by atoms with Crippen molar-refractivity contribution in [2.45, 2.75) is 4.21 Å². The highest BCUT2D eigenvalue weighted by molar-refractivity contribution is 14.1. The van der Waals surface area contributed by atoms with Gasteiger partial charge < -0.3 is 0 Å². The maximum absolute atomic E-state index is 10.9. The van der Waals surface area contributed by atoms with Crippen molar-refractivity contribution in [3.8, 4) is 0 Å². The molecule has 0 unspecified atom stereocenters. The van der Waals surface area contributed by atoms with Crippen molar-refractivity contribution in [1.82, 2.24) is 0 Å². The quantitative estimate of drug-likeness (QED) is 0.468. The van der Waals surface area contributed by atoms with Gasteiger partial charge in [0, 0.05) is 19.2 Å². The lowest BCUT2D eigenvalue weighted by atomic mass is 10.1. The van der Waals surface area contributed by atoms with Gasteiger partial charge in [0.25, 0.3) is 0 Å². The molecule has 0 spiro atoms. The molecule has 72 valence electrons. The highest BCUT2D eigenvalue weighted by Gasteiger charge is 2.11. The third-order valence-electron chi connectivity index (χ3n) is 1.97. The lowest BCUT2D eigenvalue weighted by Gasteiger charge is -1.94. The number of aldehydes is 1. The fourth-order valence-corrected chi connectivity index (χ4v) is 4.86. The van der Waals surface area contributed by atoms with E-state index in [2.05, 4.69) is 34.9 Å². The van der Waals surface area contributed by atoms with Gasteiger partial charge in [0.1, 0.15) is 0 Å². The number of hydrogen-bond acceptors (Lipinski definition) is 3. The molecule has 0 radical (unpaired) electrons. The first-order valence-electron chi connectivity index (χ1n) is 3.98.